The van der Waals surface area contributed by atoms with Gasteiger partial charge in [0.2, 0.25) is 0 Å². The fourth-order valence-electron chi connectivity index (χ4n) is 2.62. The number of anilines is 1. The fraction of sp³-hybridized carbons (Fsp3) is 0.500. The largest absolute Gasteiger partial charge is 0.418 e. The third-order valence-electron chi connectivity index (χ3n) is 3.73. The predicted molar refractivity (Wildman–Crippen MR) is 73.8 cm³/mol. The molecule has 116 valence electrons. The Hall–Kier alpha value is -1.76. The van der Waals surface area contributed by atoms with Crippen molar-refractivity contribution in [1.29, 1.82) is 0 Å². The Morgan fingerprint density at radius 3 is 2.67 bits per heavy atom. The number of halogens is 3. The summed E-state index contributed by atoms with van der Waals surface area (Å²) in [5.41, 5.74) is 4.51. The minimum atomic E-state index is -4.50. The number of nitrogens with zero attached hydrogens (tertiary/aromatic N) is 1. The maximum atomic E-state index is 12.9. The number of urea groups is 1. The zero-order valence-electron chi connectivity index (χ0n) is 11.7. The maximum absolute atomic E-state index is 12.9. The number of nitrogens with one attached hydrogen (secondary N) is 1. The Kier molecular flexibility index (Phi) is 4.41. The van der Waals surface area contributed by atoms with Crippen molar-refractivity contribution in [1.82, 2.24) is 4.90 Å². The number of carbonyl (C=O) groups is 1. The summed E-state index contributed by atoms with van der Waals surface area (Å²) in [5, 5.41) is 2.36. The molecule has 3 N–H and O–H groups in total. The molecule has 1 aromatic rings. The molecule has 2 amide bonds. The highest BCUT2D eigenvalue weighted by Crippen LogP contribution is 2.35. The van der Waals surface area contributed by atoms with Gasteiger partial charge in [0.15, 0.2) is 0 Å². The van der Waals surface area contributed by atoms with Crippen molar-refractivity contribution in [2.24, 2.45) is 11.7 Å². The summed E-state index contributed by atoms with van der Waals surface area (Å²) in [7, 11) is 0. The lowest BCUT2D eigenvalue weighted by atomic mass is 10.1. The molecule has 1 fully saturated rings. The third kappa shape index (κ3) is 3.47. The molecular weight excluding hydrogens is 283 g/mol. The van der Waals surface area contributed by atoms with Gasteiger partial charge in [-0.1, -0.05) is 12.1 Å². The van der Waals surface area contributed by atoms with Crippen LogP contribution in [0.25, 0.3) is 0 Å². The molecule has 1 heterocycles. The highest BCUT2D eigenvalue weighted by atomic mass is 19.4. The van der Waals surface area contributed by atoms with Crippen molar-refractivity contribution in [2.45, 2.75) is 25.6 Å². The molecule has 7 heteroatoms. The number of alkyl halides is 3. The average Bonchev–Trinajstić information content (AvgIpc) is 2.79. The Morgan fingerprint density at radius 1 is 1.43 bits per heavy atom. The summed E-state index contributed by atoms with van der Waals surface area (Å²) in [6.45, 7) is 2.80. The van der Waals surface area contributed by atoms with E-state index in [0.717, 1.165) is 12.5 Å². The van der Waals surface area contributed by atoms with Crippen LogP contribution in [-0.4, -0.2) is 30.1 Å². The molecule has 21 heavy (non-hydrogen) atoms. The lowest BCUT2D eigenvalue weighted by Crippen LogP contribution is -2.38. The van der Waals surface area contributed by atoms with Crippen molar-refractivity contribution in [3.8, 4) is 0 Å². The number of benzene rings is 1. The van der Waals surface area contributed by atoms with Crippen LogP contribution in [0.1, 0.15) is 18.9 Å². The topological polar surface area (TPSA) is 58.4 Å². The monoisotopic (exact) mass is 301 g/mol. The minimum Gasteiger partial charge on any atom is -0.330 e. The molecule has 2 atom stereocenters. The summed E-state index contributed by atoms with van der Waals surface area (Å²) in [6, 6.07) is 4.41. The van der Waals surface area contributed by atoms with E-state index in [4.69, 9.17) is 5.73 Å². The van der Waals surface area contributed by atoms with Gasteiger partial charge >= 0.3 is 12.2 Å². The van der Waals surface area contributed by atoms with Crippen LogP contribution in [-0.2, 0) is 6.18 Å². The van der Waals surface area contributed by atoms with Crippen LogP contribution in [0.4, 0.5) is 23.7 Å². The van der Waals surface area contributed by atoms with Crippen LogP contribution in [0.5, 0.6) is 0 Å². The molecular formula is C14H18F3N3O. The van der Waals surface area contributed by atoms with Gasteiger partial charge in [0.25, 0.3) is 0 Å². The first-order valence-electron chi connectivity index (χ1n) is 6.77. The Bertz CT molecular complexity index is 518. The summed E-state index contributed by atoms with van der Waals surface area (Å²) < 4.78 is 38.7. The highest BCUT2D eigenvalue weighted by molar-refractivity contribution is 5.90. The van der Waals surface area contributed by atoms with Crippen LogP contribution < -0.4 is 11.1 Å². The standard InChI is InChI=1S/C14H18F3N3O/c1-9-6-10(7-18)8-20(9)13(21)19-12-5-3-2-4-11(12)14(15,16)17/h2-5,9-10H,6-8,18H2,1H3,(H,19,21). The SMILES string of the molecule is CC1CC(CN)CN1C(=O)Nc1ccccc1C(F)(F)F. The molecule has 2 unspecified atom stereocenters. The van der Waals surface area contributed by atoms with Gasteiger partial charge in [0.1, 0.15) is 0 Å². The summed E-state index contributed by atoms with van der Waals surface area (Å²) in [6.07, 6.45) is -3.73. The number of likely N-dealkylation sites (tertiary alicyclic amines) is 1. The number of amides is 2. The molecule has 1 aliphatic rings. The lowest BCUT2D eigenvalue weighted by Gasteiger charge is -2.23. The number of nitrogens with two attached hydrogens (primary N) is 1. The van der Waals surface area contributed by atoms with Gasteiger partial charge in [-0.2, -0.15) is 13.2 Å². The number of para-hydroxylation sites is 1. The van der Waals surface area contributed by atoms with Crippen LogP contribution >= 0.6 is 0 Å². The molecule has 0 radical (unpaired) electrons. The second-order valence-corrected chi connectivity index (χ2v) is 5.31. The summed E-state index contributed by atoms with van der Waals surface area (Å²) in [5.74, 6) is 0.198. The van der Waals surface area contributed by atoms with Crippen LogP contribution in [0.2, 0.25) is 0 Å². The van der Waals surface area contributed by atoms with E-state index in [1.165, 1.54) is 23.1 Å². The second-order valence-electron chi connectivity index (χ2n) is 5.31. The van der Waals surface area contributed by atoms with Gasteiger partial charge in [-0.3, -0.25) is 0 Å². The van der Waals surface area contributed by atoms with Crippen molar-refractivity contribution in [2.75, 3.05) is 18.4 Å². The Morgan fingerprint density at radius 2 is 2.10 bits per heavy atom. The zero-order chi connectivity index (χ0) is 15.6. The molecule has 1 aliphatic heterocycles. The number of carbonyl (C=O) groups excluding carboxylic acids is 1. The van der Waals surface area contributed by atoms with E-state index in [9.17, 15) is 18.0 Å². The van der Waals surface area contributed by atoms with Gasteiger partial charge < -0.3 is 16.0 Å². The highest BCUT2D eigenvalue weighted by Gasteiger charge is 2.35. The molecule has 4 nitrogen and oxygen atoms in total. The van der Waals surface area contributed by atoms with E-state index in [1.54, 1.807) is 0 Å². The normalized spacial score (nSPS) is 22.4. The molecule has 0 spiro atoms. The Labute approximate surface area is 121 Å². The lowest BCUT2D eigenvalue weighted by molar-refractivity contribution is -0.136. The first kappa shape index (κ1) is 15.6. The molecule has 2 rings (SSSR count). The third-order valence-corrected chi connectivity index (χ3v) is 3.73. The molecule has 0 bridgehead atoms. The van der Waals surface area contributed by atoms with Crippen molar-refractivity contribution in [3.63, 3.8) is 0 Å². The molecule has 0 aromatic heterocycles. The number of hydrogen-bond donors (Lipinski definition) is 2. The minimum absolute atomic E-state index is 0.0309. The van der Waals surface area contributed by atoms with E-state index in [-0.39, 0.29) is 17.6 Å². The van der Waals surface area contributed by atoms with Crippen molar-refractivity contribution in [3.05, 3.63) is 29.8 Å². The summed E-state index contributed by atoms with van der Waals surface area (Å²) >= 11 is 0. The molecule has 0 aliphatic carbocycles. The van der Waals surface area contributed by atoms with E-state index in [2.05, 4.69) is 5.32 Å². The van der Waals surface area contributed by atoms with Crippen molar-refractivity contribution >= 4 is 11.7 Å². The van der Waals surface area contributed by atoms with Gasteiger partial charge in [-0.05, 0) is 37.9 Å². The van der Waals surface area contributed by atoms with Crippen LogP contribution in [0.3, 0.4) is 0 Å². The summed E-state index contributed by atoms with van der Waals surface area (Å²) in [4.78, 5) is 13.7. The van der Waals surface area contributed by atoms with E-state index < -0.39 is 17.8 Å². The predicted octanol–water partition coefficient (Wildman–Crippen LogP) is 2.91. The van der Waals surface area contributed by atoms with Gasteiger partial charge in [-0.25, -0.2) is 4.79 Å². The van der Waals surface area contributed by atoms with Gasteiger partial charge in [0.05, 0.1) is 11.3 Å². The zero-order valence-corrected chi connectivity index (χ0v) is 11.7. The molecule has 1 saturated heterocycles. The van der Waals surface area contributed by atoms with E-state index in [1.807, 2.05) is 6.92 Å². The number of rotatable bonds is 2. The Balaban J connectivity index is 2.14. The first-order valence-corrected chi connectivity index (χ1v) is 6.77. The van der Waals surface area contributed by atoms with E-state index >= 15 is 0 Å². The second kappa shape index (κ2) is 5.93. The molecule has 0 saturated carbocycles. The van der Waals surface area contributed by atoms with E-state index in [0.29, 0.717) is 13.1 Å². The van der Waals surface area contributed by atoms with Crippen LogP contribution in [0.15, 0.2) is 24.3 Å². The van der Waals surface area contributed by atoms with Crippen molar-refractivity contribution < 1.29 is 18.0 Å². The number of hydrogen-bond acceptors (Lipinski definition) is 2. The molecule has 1 aromatic carbocycles. The quantitative estimate of drug-likeness (QED) is 0.882. The smallest absolute Gasteiger partial charge is 0.330 e. The van der Waals surface area contributed by atoms with Crippen LogP contribution in [0, 0.1) is 5.92 Å². The fourth-order valence-corrected chi connectivity index (χ4v) is 2.62. The average molecular weight is 301 g/mol. The first-order chi connectivity index (χ1) is 9.82. The maximum Gasteiger partial charge on any atom is 0.418 e. The van der Waals surface area contributed by atoms with Gasteiger partial charge in [0, 0.05) is 12.6 Å². The van der Waals surface area contributed by atoms with Gasteiger partial charge in [-0.15, -0.1) is 0 Å².